The number of benzene rings is 2. The largest absolute Gasteiger partial charge is 0.452 e. The van der Waals surface area contributed by atoms with Gasteiger partial charge in [-0.1, -0.05) is 0 Å². The first-order chi connectivity index (χ1) is 19.7. The normalized spacial score (nSPS) is 13.7. The van der Waals surface area contributed by atoms with Gasteiger partial charge < -0.3 is 15.4 Å². The van der Waals surface area contributed by atoms with Crippen LogP contribution < -0.4 is 26.3 Å². The standard InChI is InChI=1S/C30H24F2N6O3/c1-18-24(17-35-37(18)2)19-14-28(26(11-12-33)34-16-19)41-27-10-7-21(15-25(27)32)36-29(39)23-4-3-13-38(30(23)40)22-8-5-20(31)6-9-22/h3-17,33-34H,1-2H3,(H,36,39)/p+1/b26-11-,33-12?. The molecule has 2 aromatic carbocycles. The number of amides is 1. The third-order valence-corrected chi connectivity index (χ3v) is 6.45. The van der Waals surface area contributed by atoms with E-state index in [2.05, 4.69) is 15.7 Å². The predicted octanol–water partition coefficient (Wildman–Crippen LogP) is 3.03. The molecule has 0 radical (unpaired) electrons. The van der Waals surface area contributed by atoms with E-state index in [1.54, 1.807) is 29.2 Å². The van der Waals surface area contributed by atoms with Crippen molar-refractivity contribution in [3.63, 3.8) is 0 Å². The van der Waals surface area contributed by atoms with Crippen LogP contribution in [0.5, 0.6) is 5.75 Å². The maximum atomic E-state index is 15.2. The number of aromatic nitrogens is 3. The summed E-state index contributed by atoms with van der Waals surface area (Å²) in [6.45, 7) is 1.93. The van der Waals surface area contributed by atoms with Crippen molar-refractivity contribution in [3.8, 4) is 11.4 Å². The molecule has 5 rings (SSSR count). The van der Waals surface area contributed by atoms with Crippen molar-refractivity contribution < 1.29 is 23.7 Å². The molecule has 0 atom stereocenters. The third kappa shape index (κ3) is 5.59. The monoisotopic (exact) mass is 555 g/mol. The Morgan fingerprint density at radius 2 is 1.93 bits per heavy atom. The first-order valence-corrected chi connectivity index (χ1v) is 12.4. The minimum atomic E-state index is -0.745. The van der Waals surface area contributed by atoms with Crippen LogP contribution in [0.1, 0.15) is 21.6 Å². The van der Waals surface area contributed by atoms with Crippen LogP contribution in [0.4, 0.5) is 14.5 Å². The molecule has 4 aromatic rings. The van der Waals surface area contributed by atoms with Gasteiger partial charge in [-0.3, -0.25) is 24.2 Å². The maximum absolute atomic E-state index is 15.2. The fraction of sp³-hybridized carbons (Fsp3) is 0.0667. The molecule has 1 aliphatic heterocycles. The summed E-state index contributed by atoms with van der Waals surface area (Å²) in [5.74, 6) is -1.71. The highest BCUT2D eigenvalue weighted by Gasteiger charge is 2.19. The number of nitrogens with zero attached hydrogens (tertiary/aromatic N) is 3. The maximum Gasteiger partial charge on any atom is 0.267 e. The number of nitrogens with two attached hydrogens (primary N) is 1. The van der Waals surface area contributed by atoms with Crippen molar-refractivity contribution >= 4 is 23.4 Å². The summed E-state index contributed by atoms with van der Waals surface area (Å²) in [5.41, 5.74) is 2.81. The second kappa shape index (κ2) is 11.3. The molecule has 41 heavy (non-hydrogen) atoms. The highest BCUT2D eigenvalue weighted by Crippen LogP contribution is 2.30. The molecule has 2 aromatic heterocycles. The number of rotatable bonds is 7. The summed E-state index contributed by atoms with van der Waals surface area (Å²) in [6, 6.07) is 12.0. The zero-order valence-corrected chi connectivity index (χ0v) is 22.1. The van der Waals surface area contributed by atoms with Crippen molar-refractivity contribution in [2.24, 2.45) is 7.05 Å². The van der Waals surface area contributed by atoms with Crippen LogP contribution in [0.2, 0.25) is 0 Å². The number of hydrogen-bond donors (Lipinski definition) is 3. The Bertz CT molecular complexity index is 1820. The molecule has 0 unspecified atom stereocenters. The Morgan fingerprint density at radius 3 is 2.61 bits per heavy atom. The SMILES string of the molecule is Cc1c(C2=CN/C(=C\C=[NH2+])C(Oc3ccc(NC(=O)c4cccn(-c5ccc(F)cc5)c4=O)cc3F)=C2)cnn1C. The van der Waals surface area contributed by atoms with E-state index in [4.69, 9.17) is 10.1 Å². The van der Waals surface area contributed by atoms with E-state index >= 15 is 4.39 Å². The number of nitrogens with one attached hydrogen (secondary N) is 2. The van der Waals surface area contributed by atoms with Crippen LogP contribution in [-0.4, -0.2) is 26.5 Å². The van der Waals surface area contributed by atoms with Crippen LogP contribution in [0.3, 0.4) is 0 Å². The minimum Gasteiger partial charge on any atom is -0.452 e. The van der Waals surface area contributed by atoms with Crippen LogP contribution in [0.25, 0.3) is 11.3 Å². The molecule has 9 nitrogen and oxygen atoms in total. The van der Waals surface area contributed by atoms with Gasteiger partial charge in [0.1, 0.15) is 11.4 Å². The van der Waals surface area contributed by atoms with Gasteiger partial charge in [0.15, 0.2) is 23.5 Å². The molecule has 3 heterocycles. The Balaban J connectivity index is 1.37. The molecule has 0 fully saturated rings. The molecule has 4 N–H and O–H groups in total. The number of hydrogen-bond acceptors (Lipinski definition) is 5. The van der Waals surface area contributed by atoms with Crippen LogP contribution in [-0.2, 0) is 7.05 Å². The minimum absolute atomic E-state index is 0.0958. The molecule has 0 saturated carbocycles. The quantitative estimate of drug-likeness (QED) is 0.303. The van der Waals surface area contributed by atoms with Gasteiger partial charge in [0.25, 0.3) is 11.5 Å². The third-order valence-electron chi connectivity index (χ3n) is 6.45. The Hall–Kier alpha value is -5.58. The number of carbonyl (C=O) groups is 1. The summed E-state index contributed by atoms with van der Waals surface area (Å²) >= 11 is 0. The van der Waals surface area contributed by atoms with Crippen molar-refractivity contribution in [3.05, 3.63) is 136 Å². The van der Waals surface area contributed by atoms with Gasteiger partial charge in [0, 0.05) is 59.8 Å². The first kappa shape index (κ1) is 27.0. The summed E-state index contributed by atoms with van der Waals surface area (Å²) in [7, 11) is 1.83. The number of aryl methyl sites for hydroxylation is 1. The van der Waals surface area contributed by atoms with Crippen LogP contribution in [0, 0.1) is 18.6 Å². The number of dihydropyridines is 1. The Morgan fingerprint density at radius 1 is 1.15 bits per heavy atom. The lowest BCUT2D eigenvalue weighted by Gasteiger charge is -2.19. The zero-order chi connectivity index (χ0) is 29.1. The first-order valence-electron chi connectivity index (χ1n) is 12.4. The Labute approximate surface area is 233 Å². The summed E-state index contributed by atoms with van der Waals surface area (Å²) in [4.78, 5) is 25.8. The van der Waals surface area contributed by atoms with Crippen molar-refractivity contribution in [1.29, 1.82) is 0 Å². The van der Waals surface area contributed by atoms with Crippen molar-refractivity contribution in [1.82, 2.24) is 19.7 Å². The molecule has 11 heteroatoms. The second-order valence-corrected chi connectivity index (χ2v) is 9.07. The topological polar surface area (TPSA) is 116 Å². The lowest BCUT2D eigenvalue weighted by Crippen LogP contribution is -2.29. The Kier molecular flexibility index (Phi) is 7.42. The fourth-order valence-electron chi connectivity index (χ4n) is 4.19. The number of allylic oxidation sites excluding steroid dienone is 3. The highest BCUT2D eigenvalue weighted by atomic mass is 19.1. The average molecular weight is 556 g/mol. The van der Waals surface area contributed by atoms with Crippen molar-refractivity contribution in [2.45, 2.75) is 6.92 Å². The number of pyridine rings is 1. The lowest BCUT2D eigenvalue weighted by atomic mass is 10.0. The van der Waals surface area contributed by atoms with E-state index < -0.39 is 23.1 Å². The second-order valence-electron chi connectivity index (χ2n) is 9.07. The molecule has 1 amide bonds. The summed E-state index contributed by atoms with van der Waals surface area (Å²) in [6.07, 6.45) is 9.62. The van der Waals surface area contributed by atoms with Gasteiger partial charge in [-0.2, -0.15) is 5.10 Å². The molecule has 1 aliphatic rings. The van der Waals surface area contributed by atoms with Gasteiger partial charge in [-0.25, -0.2) is 8.78 Å². The molecule has 0 saturated heterocycles. The smallest absolute Gasteiger partial charge is 0.267 e. The van der Waals surface area contributed by atoms with E-state index in [0.717, 1.165) is 22.9 Å². The molecule has 206 valence electrons. The van der Waals surface area contributed by atoms with Crippen LogP contribution in [0.15, 0.2) is 102 Å². The fourth-order valence-corrected chi connectivity index (χ4v) is 4.19. The lowest BCUT2D eigenvalue weighted by molar-refractivity contribution is -0.104. The van der Waals surface area contributed by atoms with E-state index in [-0.39, 0.29) is 17.0 Å². The van der Waals surface area contributed by atoms with E-state index in [1.807, 2.05) is 14.0 Å². The van der Waals surface area contributed by atoms with Crippen molar-refractivity contribution in [2.75, 3.05) is 5.32 Å². The van der Waals surface area contributed by atoms with Gasteiger partial charge in [-0.15, -0.1) is 0 Å². The van der Waals surface area contributed by atoms with E-state index in [9.17, 15) is 14.0 Å². The summed E-state index contributed by atoms with van der Waals surface area (Å²) in [5, 5.41) is 15.5. The summed E-state index contributed by atoms with van der Waals surface area (Å²) < 4.78 is 37.3. The van der Waals surface area contributed by atoms with Gasteiger partial charge in [-0.05, 0) is 61.5 Å². The molecule has 0 bridgehead atoms. The molecule has 0 spiro atoms. The van der Waals surface area contributed by atoms with Crippen LogP contribution >= 0.6 is 0 Å². The number of carbonyl (C=O) groups excluding carboxylic acids is 1. The molecular weight excluding hydrogens is 530 g/mol. The molecular formula is C30H25F2N6O3+. The highest BCUT2D eigenvalue weighted by molar-refractivity contribution is 6.04. The van der Waals surface area contributed by atoms with Gasteiger partial charge in [0.2, 0.25) is 0 Å². The van der Waals surface area contributed by atoms with Gasteiger partial charge >= 0.3 is 0 Å². The van der Waals surface area contributed by atoms with Gasteiger partial charge in [0.05, 0.1) is 11.9 Å². The predicted molar refractivity (Wildman–Crippen MR) is 150 cm³/mol. The molecule has 0 aliphatic carbocycles. The van der Waals surface area contributed by atoms with E-state index in [1.165, 1.54) is 65.5 Å². The average Bonchev–Trinajstić information content (AvgIpc) is 3.29. The number of anilines is 1. The van der Waals surface area contributed by atoms with E-state index in [0.29, 0.717) is 17.1 Å². The zero-order valence-electron chi connectivity index (χ0n) is 22.1. The number of ether oxygens (including phenoxy) is 1. The number of halogens is 2.